The lowest BCUT2D eigenvalue weighted by Gasteiger charge is -2.09. The van der Waals surface area contributed by atoms with Crippen LogP contribution in [0.3, 0.4) is 0 Å². The molecular formula is C9H10ClN3O2. The molecule has 0 radical (unpaired) electrons. The van der Waals surface area contributed by atoms with E-state index in [0.29, 0.717) is 0 Å². The Labute approximate surface area is 91.9 Å². The van der Waals surface area contributed by atoms with Crippen molar-refractivity contribution >= 4 is 23.1 Å². The van der Waals surface area contributed by atoms with E-state index >= 15 is 0 Å². The maximum atomic E-state index is 10.7. The lowest BCUT2D eigenvalue weighted by molar-refractivity contribution is -0.384. The molecule has 0 aromatic carbocycles. The maximum Gasteiger partial charge on any atom is 0.312 e. The highest BCUT2D eigenvalue weighted by Gasteiger charge is 2.16. The molecule has 0 spiro atoms. The average Bonchev–Trinajstić information content (AvgIpc) is 2.20. The molecule has 0 bridgehead atoms. The number of nitrogens with one attached hydrogen (secondary N) is 1. The molecule has 1 heterocycles. The van der Waals surface area contributed by atoms with Crippen molar-refractivity contribution in [3.05, 3.63) is 40.1 Å². The van der Waals surface area contributed by atoms with Gasteiger partial charge < -0.3 is 5.32 Å². The van der Waals surface area contributed by atoms with Gasteiger partial charge in [0, 0.05) is 18.3 Å². The topological polar surface area (TPSA) is 68.1 Å². The molecule has 1 aromatic heterocycles. The van der Waals surface area contributed by atoms with Crippen molar-refractivity contribution in [2.45, 2.75) is 13.0 Å². The summed E-state index contributed by atoms with van der Waals surface area (Å²) in [6, 6.07) is 1.16. The Morgan fingerprint density at radius 2 is 2.47 bits per heavy atom. The average molecular weight is 228 g/mol. The minimum atomic E-state index is -0.531. The summed E-state index contributed by atoms with van der Waals surface area (Å²) in [5.41, 5.74) is -0.142. The van der Waals surface area contributed by atoms with E-state index in [4.69, 9.17) is 11.6 Å². The highest BCUT2D eigenvalue weighted by atomic mass is 35.5. The molecule has 0 aliphatic carbocycles. The Kier molecular flexibility index (Phi) is 3.62. The van der Waals surface area contributed by atoms with Gasteiger partial charge in [-0.1, -0.05) is 17.7 Å². The van der Waals surface area contributed by atoms with Crippen molar-refractivity contribution in [3.63, 3.8) is 0 Å². The smallest absolute Gasteiger partial charge is 0.312 e. The van der Waals surface area contributed by atoms with Gasteiger partial charge in [-0.3, -0.25) is 10.1 Å². The van der Waals surface area contributed by atoms with Gasteiger partial charge in [0.05, 0.1) is 9.95 Å². The third kappa shape index (κ3) is 2.92. The third-order valence-corrected chi connectivity index (χ3v) is 1.96. The number of nitrogens with zero attached hydrogens (tertiary/aromatic N) is 2. The van der Waals surface area contributed by atoms with Crippen molar-refractivity contribution in [3.8, 4) is 0 Å². The van der Waals surface area contributed by atoms with Gasteiger partial charge in [0.1, 0.15) is 0 Å². The Bertz CT molecular complexity index is 395. The summed E-state index contributed by atoms with van der Waals surface area (Å²) in [5.74, 6) is 0.191. The lowest BCUT2D eigenvalue weighted by atomic mass is 10.3. The molecule has 1 aromatic rings. The van der Waals surface area contributed by atoms with Crippen molar-refractivity contribution in [1.82, 2.24) is 4.98 Å². The van der Waals surface area contributed by atoms with Gasteiger partial charge in [0.25, 0.3) is 0 Å². The van der Waals surface area contributed by atoms with Gasteiger partial charge in [0.2, 0.25) is 5.82 Å². The number of hydrogen-bond donors (Lipinski definition) is 1. The zero-order chi connectivity index (χ0) is 11.4. The zero-order valence-corrected chi connectivity index (χ0v) is 8.86. The lowest BCUT2D eigenvalue weighted by Crippen LogP contribution is -2.13. The van der Waals surface area contributed by atoms with Crippen molar-refractivity contribution in [2.75, 3.05) is 5.32 Å². The van der Waals surface area contributed by atoms with E-state index in [2.05, 4.69) is 16.9 Å². The van der Waals surface area contributed by atoms with Crippen LogP contribution in [-0.4, -0.2) is 15.9 Å². The summed E-state index contributed by atoms with van der Waals surface area (Å²) in [6.45, 7) is 5.38. The number of anilines is 1. The molecule has 1 rings (SSSR count). The molecule has 0 fully saturated rings. The summed E-state index contributed by atoms with van der Waals surface area (Å²) in [4.78, 5) is 14.0. The van der Waals surface area contributed by atoms with Crippen LogP contribution >= 0.6 is 11.6 Å². The highest BCUT2D eigenvalue weighted by molar-refractivity contribution is 6.30. The summed E-state index contributed by atoms with van der Waals surface area (Å²) < 4.78 is 0. The number of aromatic nitrogens is 1. The summed E-state index contributed by atoms with van der Waals surface area (Å²) in [6.07, 6.45) is 2.98. The quantitative estimate of drug-likeness (QED) is 0.488. The SMILES string of the molecule is C=CC(C)Nc1ncc(Cl)cc1[N+](=O)[O-]. The fourth-order valence-corrected chi connectivity index (χ4v) is 1.11. The first-order chi connectivity index (χ1) is 7.04. The molecule has 0 saturated carbocycles. The number of halogens is 1. The van der Waals surface area contributed by atoms with Crippen LogP contribution in [0.5, 0.6) is 0 Å². The standard InChI is InChI=1S/C9H10ClN3O2/c1-3-6(2)12-9-8(13(14)15)4-7(10)5-11-9/h3-6H,1H2,2H3,(H,11,12). The fraction of sp³-hybridized carbons (Fsp3) is 0.222. The molecule has 6 heteroatoms. The van der Waals surface area contributed by atoms with Crippen LogP contribution in [0.4, 0.5) is 11.5 Å². The van der Waals surface area contributed by atoms with Gasteiger partial charge in [-0.2, -0.15) is 0 Å². The largest absolute Gasteiger partial charge is 0.358 e. The van der Waals surface area contributed by atoms with E-state index in [9.17, 15) is 10.1 Å². The van der Waals surface area contributed by atoms with E-state index < -0.39 is 4.92 Å². The second-order valence-electron chi connectivity index (χ2n) is 2.95. The number of nitro groups is 1. The van der Waals surface area contributed by atoms with E-state index in [-0.39, 0.29) is 22.6 Å². The van der Waals surface area contributed by atoms with Gasteiger partial charge in [-0.15, -0.1) is 6.58 Å². The second-order valence-corrected chi connectivity index (χ2v) is 3.38. The molecule has 0 aliphatic rings. The number of rotatable bonds is 4. The van der Waals surface area contributed by atoms with Crippen LogP contribution in [0, 0.1) is 10.1 Å². The first-order valence-corrected chi connectivity index (χ1v) is 4.61. The number of hydrogen-bond acceptors (Lipinski definition) is 4. The zero-order valence-electron chi connectivity index (χ0n) is 8.11. The maximum absolute atomic E-state index is 10.7. The van der Waals surface area contributed by atoms with E-state index in [0.717, 1.165) is 0 Å². The van der Waals surface area contributed by atoms with Crippen LogP contribution in [0.2, 0.25) is 5.02 Å². The fourth-order valence-electron chi connectivity index (χ4n) is 0.954. The van der Waals surface area contributed by atoms with Crippen LogP contribution < -0.4 is 5.32 Å². The first-order valence-electron chi connectivity index (χ1n) is 4.23. The highest BCUT2D eigenvalue weighted by Crippen LogP contribution is 2.25. The number of pyridine rings is 1. The van der Waals surface area contributed by atoms with E-state index in [1.54, 1.807) is 6.08 Å². The first kappa shape index (κ1) is 11.5. The van der Waals surface area contributed by atoms with Gasteiger partial charge in [-0.25, -0.2) is 4.98 Å². The summed E-state index contributed by atoms with van der Waals surface area (Å²) in [5, 5.41) is 13.8. The molecule has 0 aliphatic heterocycles. The predicted molar refractivity (Wildman–Crippen MR) is 59.2 cm³/mol. The van der Waals surface area contributed by atoms with Crippen LogP contribution in [-0.2, 0) is 0 Å². The Hall–Kier alpha value is -1.62. The van der Waals surface area contributed by atoms with E-state index in [1.165, 1.54) is 12.3 Å². The minimum absolute atomic E-state index is 0.0997. The second kappa shape index (κ2) is 4.75. The summed E-state index contributed by atoms with van der Waals surface area (Å²) >= 11 is 5.62. The van der Waals surface area contributed by atoms with Gasteiger partial charge in [0.15, 0.2) is 0 Å². The summed E-state index contributed by atoms with van der Waals surface area (Å²) in [7, 11) is 0. The van der Waals surface area contributed by atoms with Crippen molar-refractivity contribution in [2.24, 2.45) is 0 Å². The van der Waals surface area contributed by atoms with Crippen LogP contribution in [0.1, 0.15) is 6.92 Å². The molecule has 80 valence electrons. The normalized spacial score (nSPS) is 11.9. The molecule has 15 heavy (non-hydrogen) atoms. The molecule has 0 amide bonds. The third-order valence-electron chi connectivity index (χ3n) is 1.75. The molecule has 5 nitrogen and oxygen atoms in total. The molecule has 1 atom stereocenters. The minimum Gasteiger partial charge on any atom is -0.358 e. The Balaban J connectivity index is 3.05. The van der Waals surface area contributed by atoms with Crippen molar-refractivity contribution in [1.29, 1.82) is 0 Å². The molecular weight excluding hydrogens is 218 g/mol. The Morgan fingerprint density at radius 1 is 1.80 bits per heavy atom. The monoisotopic (exact) mass is 227 g/mol. The van der Waals surface area contributed by atoms with Gasteiger partial charge in [-0.05, 0) is 6.92 Å². The van der Waals surface area contributed by atoms with Crippen LogP contribution in [0.15, 0.2) is 24.9 Å². The molecule has 0 saturated heterocycles. The van der Waals surface area contributed by atoms with E-state index in [1.807, 2.05) is 6.92 Å². The predicted octanol–water partition coefficient (Wildman–Crippen LogP) is 2.63. The Morgan fingerprint density at radius 3 is 3.00 bits per heavy atom. The molecule has 1 unspecified atom stereocenters. The molecule has 1 N–H and O–H groups in total. The van der Waals surface area contributed by atoms with Gasteiger partial charge >= 0.3 is 5.69 Å². The van der Waals surface area contributed by atoms with Crippen LogP contribution in [0.25, 0.3) is 0 Å². The van der Waals surface area contributed by atoms with Crippen molar-refractivity contribution < 1.29 is 4.92 Å².